The molecule has 1 aliphatic rings. The highest BCUT2D eigenvalue weighted by Crippen LogP contribution is 2.47. The molecule has 98 heavy (non-hydrogen) atoms. The molecule has 1 aliphatic heterocycles. The summed E-state index contributed by atoms with van der Waals surface area (Å²) in [4.78, 5) is 71.1. The van der Waals surface area contributed by atoms with Gasteiger partial charge in [0, 0.05) is 106 Å². The van der Waals surface area contributed by atoms with Crippen LogP contribution < -0.4 is 30.2 Å². The van der Waals surface area contributed by atoms with Crippen molar-refractivity contribution in [2.75, 3.05) is 38.7 Å². The number of carbonyl (C=O) groups is 4. The molecule has 2 unspecified atom stereocenters. The van der Waals surface area contributed by atoms with Gasteiger partial charge >= 0.3 is 17.9 Å². The van der Waals surface area contributed by atoms with Crippen molar-refractivity contribution in [1.82, 2.24) is 35.5 Å². The minimum Gasteiger partial charge on any atom is -0.507 e. The molecule has 3 atom stereocenters. The van der Waals surface area contributed by atoms with Crippen LogP contribution in [0.4, 0.5) is 5.82 Å². The zero-order valence-electron chi connectivity index (χ0n) is 52.9. The largest absolute Gasteiger partial charge is 0.507 e. The second-order valence-corrected chi connectivity index (χ2v) is 24.8. The number of esters is 1. The minimum absolute atomic E-state index is 0.00518. The summed E-state index contributed by atoms with van der Waals surface area (Å²) >= 11 is 13.7. The number of phenols is 2. The van der Waals surface area contributed by atoms with Gasteiger partial charge < -0.3 is 59.7 Å². The molecular weight excluding hydrogens is 1310 g/mol. The van der Waals surface area contributed by atoms with Crippen LogP contribution in [-0.2, 0) is 38.7 Å². The van der Waals surface area contributed by atoms with Crippen LogP contribution in [0, 0.1) is 6.92 Å². The first-order valence-corrected chi connectivity index (χ1v) is 32.6. The number of carbonyl (C=O) groups excluding carboxylic acids is 2. The van der Waals surface area contributed by atoms with Crippen molar-refractivity contribution in [2.24, 2.45) is 0 Å². The number of pyridine rings is 4. The number of carboxylic acids is 2. The number of thiocarbonyl (C=S) groups is 1. The van der Waals surface area contributed by atoms with Crippen LogP contribution in [0.2, 0.25) is 5.02 Å². The van der Waals surface area contributed by atoms with Gasteiger partial charge in [-0.15, -0.1) is 0 Å². The lowest BCUT2D eigenvalue weighted by molar-refractivity contribution is -0.145. The van der Waals surface area contributed by atoms with Crippen molar-refractivity contribution < 1.29 is 63.0 Å². The fourth-order valence-electron chi connectivity index (χ4n) is 11.8. The molecule has 6 heterocycles. The lowest BCUT2D eigenvalue weighted by Crippen LogP contribution is -2.45. The van der Waals surface area contributed by atoms with Crippen molar-refractivity contribution >= 4 is 108 Å². The second kappa shape index (κ2) is 30.0. The summed E-state index contributed by atoms with van der Waals surface area (Å²) in [7, 11) is 1.53. The highest BCUT2D eigenvalue weighted by atomic mass is 35.5. The van der Waals surface area contributed by atoms with Crippen LogP contribution in [0.5, 0.6) is 28.7 Å². The number of phenolic OH excluding ortho intramolecular Hbond substituents is 2. The average Bonchev–Trinajstić information content (AvgIpc) is 1.51. The second-order valence-electron chi connectivity index (χ2n) is 22.7. The number of nitrogens with zero attached hydrogens (tertiary/aromatic N) is 5. The molecule has 1 amide bonds. The summed E-state index contributed by atoms with van der Waals surface area (Å²) in [6.07, 6.45) is 9.95. The summed E-state index contributed by atoms with van der Waals surface area (Å²) in [6.45, 7) is 4.22. The first-order chi connectivity index (χ1) is 47.6. The number of thioether (sulfide) groups is 1. The fourth-order valence-corrected chi connectivity index (χ4v) is 13.4. The molecule has 0 spiro atoms. The van der Waals surface area contributed by atoms with Gasteiger partial charge in [-0.1, -0.05) is 121 Å². The number of fused-ring (bicyclic) bond motifs is 4. The molecular formula is C74H63ClN8O13S2. The van der Waals surface area contributed by atoms with E-state index < -0.39 is 48.5 Å². The maximum absolute atomic E-state index is 13.6. The fraction of sp³-hybridized carbons (Fsp3) is 0.176. The summed E-state index contributed by atoms with van der Waals surface area (Å²) < 4.78 is 29.8. The molecule has 496 valence electrons. The van der Waals surface area contributed by atoms with Crippen LogP contribution in [-0.4, -0.2) is 113 Å². The number of hydrogen-bond acceptors (Lipinski definition) is 20. The molecule has 11 aromatic rings. The highest BCUT2D eigenvalue weighted by molar-refractivity contribution is 8.26. The Balaban J connectivity index is 0.723. The number of ether oxygens (including phenoxy) is 4. The van der Waals surface area contributed by atoms with E-state index in [1.165, 1.54) is 7.11 Å². The zero-order valence-corrected chi connectivity index (χ0v) is 55.3. The SMILES string of the molecule is CCOC(=O)c1c(C)oc2c1c(C(NCCNCc1cnc3c(O)c(C(Nc4ccc(COc5ccc(-c6ccc(/C=C7\SC(=S)N([C@@H](Cc8ccccc8)C(=O)O)C7=O)cn6)cc5OC)cn4)c4ccccc4OCC(=O)O)cc(Cl)c3c1)c1ccncc1)c(O)c1ccccc12. The third-order valence-electron chi connectivity index (χ3n) is 16.4. The van der Waals surface area contributed by atoms with Gasteiger partial charge in [-0.05, 0) is 103 Å². The van der Waals surface area contributed by atoms with Crippen molar-refractivity contribution in [3.63, 3.8) is 0 Å². The van der Waals surface area contributed by atoms with Gasteiger partial charge in [-0.2, -0.15) is 0 Å². The maximum atomic E-state index is 13.6. The predicted molar refractivity (Wildman–Crippen MR) is 377 cm³/mol. The van der Waals surface area contributed by atoms with E-state index in [1.54, 1.807) is 112 Å². The number of nitrogens with one attached hydrogen (secondary N) is 3. The number of para-hydroxylation sites is 1. The molecule has 0 bridgehead atoms. The van der Waals surface area contributed by atoms with E-state index in [-0.39, 0.29) is 62.2 Å². The Morgan fingerprint density at radius 2 is 1.52 bits per heavy atom. The number of anilines is 1. The van der Waals surface area contributed by atoms with Crippen LogP contribution in [0.1, 0.15) is 79.6 Å². The Labute approximate surface area is 576 Å². The van der Waals surface area contributed by atoms with Crippen molar-refractivity contribution in [3.05, 3.63) is 242 Å². The Morgan fingerprint density at radius 1 is 0.755 bits per heavy atom. The molecule has 12 rings (SSSR count). The monoisotopic (exact) mass is 1370 g/mol. The number of methoxy groups -OCH3 is 1. The zero-order chi connectivity index (χ0) is 68.6. The van der Waals surface area contributed by atoms with Crippen molar-refractivity contribution in [3.8, 4) is 40.0 Å². The van der Waals surface area contributed by atoms with Gasteiger partial charge in [-0.25, -0.2) is 19.4 Å². The third-order valence-corrected chi connectivity index (χ3v) is 18.1. The molecule has 0 aliphatic carbocycles. The third kappa shape index (κ3) is 14.4. The number of aromatic nitrogens is 4. The average molecular weight is 1370 g/mol. The molecule has 21 nitrogen and oxygen atoms in total. The number of carboxylic acid groups (broad SMARTS) is 2. The van der Waals surface area contributed by atoms with Crippen LogP contribution in [0.25, 0.3) is 50.0 Å². The summed E-state index contributed by atoms with van der Waals surface area (Å²) in [5.74, 6) is -1.73. The smallest absolute Gasteiger partial charge is 0.342 e. The molecule has 0 radical (unpaired) electrons. The van der Waals surface area contributed by atoms with Gasteiger partial charge in [0.25, 0.3) is 5.91 Å². The Bertz CT molecular complexity index is 4870. The lowest BCUT2D eigenvalue weighted by atomic mass is 9.90. The van der Waals surface area contributed by atoms with Gasteiger partial charge in [0.1, 0.15) is 62.5 Å². The van der Waals surface area contributed by atoms with E-state index in [9.17, 15) is 39.6 Å². The minimum atomic E-state index is -1.18. The molecule has 7 N–H and O–H groups in total. The van der Waals surface area contributed by atoms with Gasteiger partial charge in [0.05, 0.1) is 41.4 Å². The van der Waals surface area contributed by atoms with E-state index in [1.807, 2.05) is 84.9 Å². The van der Waals surface area contributed by atoms with E-state index in [2.05, 4.69) is 25.9 Å². The van der Waals surface area contributed by atoms with Gasteiger partial charge in [0.2, 0.25) is 0 Å². The molecule has 24 heteroatoms. The predicted octanol–water partition coefficient (Wildman–Crippen LogP) is 13.2. The number of rotatable bonds is 27. The molecule has 0 saturated carbocycles. The topological polar surface area (TPSA) is 290 Å². The number of furan rings is 1. The van der Waals surface area contributed by atoms with Crippen LogP contribution in [0.3, 0.4) is 0 Å². The number of halogens is 1. The van der Waals surface area contributed by atoms with Gasteiger partial charge in [-0.3, -0.25) is 24.6 Å². The van der Waals surface area contributed by atoms with Crippen molar-refractivity contribution in [2.45, 2.75) is 51.5 Å². The number of aryl methyl sites for hydroxylation is 1. The number of benzene rings is 6. The molecule has 6 aromatic carbocycles. The first-order valence-electron chi connectivity index (χ1n) is 31.0. The number of hydrogen-bond donors (Lipinski definition) is 7. The van der Waals surface area contributed by atoms with E-state index in [0.717, 1.165) is 38.9 Å². The Morgan fingerprint density at radius 3 is 2.26 bits per heavy atom. The summed E-state index contributed by atoms with van der Waals surface area (Å²) in [6, 6.07) is 40.2. The van der Waals surface area contributed by atoms with E-state index >= 15 is 0 Å². The Kier molecular flexibility index (Phi) is 20.5. The van der Waals surface area contributed by atoms with Crippen molar-refractivity contribution in [1.29, 1.82) is 0 Å². The van der Waals surface area contributed by atoms with Crippen LogP contribution in [0.15, 0.2) is 186 Å². The summed E-state index contributed by atoms with van der Waals surface area (Å²) in [5.41, 5.74) is 7.09. The Hall–Kier alpha value is -11.0. The van der Waals surface area contributed by atoms with E-state index in [4.69, 9.17) is 57.2 Å². The molecule has 1 fully saturated rings. The van der Waals surface area contributed by atoms with Crippen LogP contribution >= 0.6 is 35.6 Å². The number of aromatic hydroxyl groups is 2. The summed E-state index contributed by atoms with van der Waals surface area (Å²) in [5, 5.41) is 56.9. The maximum Gasteiger partial charge on any atom is 0.342 e. The van der Waals surface area contributed by atoms with E-state index in [0.29, 0.717) is 103 Å². The number of aliphatic carboxylic acids is 2. The molecule has 5 aromatic heterocycles. The lowest BCUT2D eigenvalue weighted by Gasteiger charge is -2.24. The normalized spacial score (nSPS) is 13.6. The quantitative estimate of drug-likeness (QED) is 0.0109. The highest BCUT2D eigenvalue weighted by Gasteiger charge is 2.41. The first kappa shape index (κ1) is 67.0. The number of amides is 1. The molecule has 1 saturated heterocycles. The standard InChI is InChI=1S/C74H63ClN8O13S2/c1-4-93-73(91)62-41(2)96-70-49-15-9-8-14-48(49)68(86)64(63(62)70)65(46-24-26-76-27-25-46)78-29-28-77-35-45-30-51-53(75)34-52(69(87)67(51)81-38-45)66(50-16-10-11-17-56(50)95-40-61(84)85)82-60-23-19-44(37-80-60)39-94-57-22-20-47(33-58(57)92-3)54-21-18-43(36-79-54)32-59-71(88)83(74(97)98-59)55(72(89)90)31-42-12-6-5-7-13-42/h5-27,30,32-34,36-38,55,65-66,77-78,86-87H,4,28-29,31,35,39-40H2,1-3H3,(H,80,82)(H,84,85)(H,89,90)/b59-32-/t55-,65?,66?/m0/s1. The van der Waals surface area contributed by atoms with Gasteiger partial charge in [0.15, 0.2) is 18.1 Å².